The number of anilines is 2. The molecule has 2 aliphatic rings. The van der Waals surface area contributed by atoms with Crippen LogP contribution in [0.5, 0.6) is 0 Å². The first-order valence-corrected chi connectivity index (χ1v) is 12.2. The lowest BCUT2D eigenvalue weighted by molar-refractivity contribution is -0.146. The number of hydrogen-bond acceptors (Lipinski definition) is 5. The molecule has 6 nitrogen and oxygen atoms in total. The van der Waals surface area contributed by atoms with Gasteiger partial charge in [-0.2, -0.15) is 26.3 Å². The predicted octanol–water partition coefficient (Wildman–Crippen LogP) is 5.75. The molecule has 1 saturated carbocycles. The molecule has 4 rings (SSSR count). The lowest BCUT2D eigenvalue weighted by Gasteiger charge is -2.37. The van der Waals surface area contributed by atoms with Crippen LogP contribution in [0.25, 0.3) is 11.3 Å². The summed E-state index contributed by atoms with van der Waals surface area (Å²) in [7, 11) is 0. The molecule has 1 aliphatic heterocycles. The number of amides is 1. The zero-order valence-corrected chi connectivity index (χ0v) is 20.7. The van der Waals surface area contributed by atoms with Crippen molar-refractivity contribution >= 4 is 17.5 Å². The third kappa shape index (κ3) is 6.00. The second kappa shape index (κ2) is 10.1. The van der Waals surface area contributed by atoms with Gasteiger partial charge in [-0.3, -0.25) is 4.79 Å². The number of carbonyl (C=O) groups is 1. The van der Waals surface area contributed by atoms with Gasteiger partial charge in [-0.15, -0.1) is 0 Å². The summed E-state index contributed by atoms with van der Waals surface area (Å²) in [4.78, 5) is 22.6. The van der Waals surface area contributed by atoms with Gasteiger partial charge in [-0.05, 0) is 51.8 Å². The minimum atomic E-state index is -4.75. The number of alkyl halides is 6. The molecule has 3 atom stereocenters. The van der Waals surface area contributed by atoms with E-state index in [0.29, 0.717) is 25.9 Å². The molecule has 1 saturated heterocycles. The molecule has 202 valence electrons. The quantitative estimate of drug-likeness (QED) is 0.483. The van der Waals surface area contributed by atoms with Crippen LogP contribution >= 0.6 is 0 Å². The van der Waals surface area contributed by atoms with Crippen LogP contribution in [0, 0.1) is 5.92 Å². The monoisotopic (exact) mass is 529 g/mol. The van der Waals surface area contributed by atoms with Gasteiger partial charge in [-0.1, -0.05) is 6.42 Å². The Balaban J connectivity index is 1.86. The van der Waals surface area contributed by atoms with Crippen molar-refractivity contribution in [1.29, 1.82) is 0 Å². The summed E-state index contributed by atoms with van der Waals surface area (Å²) < 4.78 is 83.6. The SMILES string of the molecule is CC1CN(c2cc(C(F)(F)F)cc(-c3ccnc(NC(=O)C4CCC4)c3C(C)C(F)(F)F)n2)CC(C)N1. The average molecular weight is 530 g/mol. The second-order valence-electron chi connectivity index (χ2n) is 9.97. The number of carbonyl (C=O) groups excluding carboxylic acids is 1. The van der Waals surface area contributed by atoms with Gasteiger partial charge in [0.15, 0.2) is 0 Å². The number of nitrogens with one attached hydrogen (secondary N) is 2. The maximum absolute atomic E-state index is 14.0. The standard InChI is InChI=1S/C25H29F6N5O/c1-13-11-36(12-14(2)33-13)20-10-17(25(29,30)31)9-19(34-20)18-7-8-32-22(21(18)15(3)24(26,27)28)35-23(37)16-5-4-6-16/h7-10,13-16,33H,4-6,11-12H2,1-3H3,(H,32,35,37). The van der Waals surface area contributed by atoms with Gasteiger partial charge < -0.3 is 15.5 Å². The molecule has 0 radical (unpaired) electrons. The van der Waals surface area contributed by atoms with Crippen LogP contribution in [0.15, 0.2) is 24.4 Å². The molecule has 2 aromatic rings. The van der Waals surface area contributed by atoms with Gasteiger partial charge in [0.1, 0.15) is 11.6 Å². The molecule has 37 heavy (non-hydrogen) atoms. The highest BCUT2D eigenvalue weighted by molar-refractivity contribution is 5.94. The third-order valence-electron chi connectivity index (χ3n) is 6.93. The van der Waals surface area contributed by atoms with Gasteiger partial charge in [0.2, 0.25) is 5.91 Å². The molecule has 2 fully saturated rings. The third-order valence-corrected chi connectivity index (χ3v) is 6.93. The van der Waals surface area contributed by atoms with Crippen LogP contribution in [0.4, 0.5) is 38.0 Å². The molecule has 0 aromatic carbocycles. The lowest BCUT2D eigenvalue weighted by Crippen LogP contribution is -2.54. The number of aromatic nitrogens is 2. The first kappa shape index (κ1) is 27.2. The van der Waals surface area contributed by atoms with Crippen LogP contribution in [0.3, 0.4) is 0 Å². The zero-order valence-electron chi connectivity index (χ0n) is 20.7. The van der Waals surface area contributed by atoms with E-state index in [1.807, 2.05) is 13.8 Å². The number of halogens is 6. The smallest absolute Gasteiger partial charge is 0.353 e. The van der Waals surface area contributed by atoms with E-state index in [2.05, 4.69) is 20.6 Å². The van der Waals surface area contributed by atoms with Crippen molar-refractivity contribution in [3.8, 4) is 11.3 Å². The summed E-state index contributed by atoms with van der Waals surface area (Å²) in [5.41, 5.74) is -1.86. The van der Waals surface area contributed by atoms with Gasteiger partial charge in [-0.25, -0.2) is 9.97 Å². The molecule has 2 aromatic heterocycles. The summed E-state index contributed by atoms with van der Waals surface area (Å²) in [6.07, 6.45) is -6.22. The van der Waals surface area contributed by atoms with E-state index in [9.17, 15) is 31.1 Å². The van der Waals surface area contributed by atoms with Crippen molar-refractivity contribution < 1.29 is 31.1 Å². The number of nitrogens with zero attached hydrogens (tertiary/aromatic N) is 3. The highest BCUT2D eigenvalue weighted by Gasteiger charge is 2.41. The Morgan fingerprint density at radius 2 is 1.76 bits per heavy atom. The highest BCUT2D eigenvalue weighted by atomic mass is 19.4. The van der Waals surface area contributed by atoms with E-state index in [1.54, 1.807) is 4.90 Å². The summed E-state index contributed by atoms with van der Waals surface area (Å²) >= 11 is 0. The Morgan fingerprint density at radius 3 is 2.30 bits per heavy atom. The molecule has 3 unspecified atom stereocenters. The van der Waals surface area contributed by atoms with Crippen molar-refractivity contribution in [3.63, 3.8) is 0 Å². The number of pyridine rings is 2. The van der Waals surface area contributed by atoms with Crippen molar-refractivity contribution in [2.24, 2.45) is 5.92 Å². The van der Waals surface area contributed by atoms with E-state index in [-0.39, 0.29) is 40.9 Å². The van der Waals surface area contributed by atoms with E-state index in [1.165, 1.54) is 12.3 Å². The first-order valence-electron chi connectivity index (χ1n) is 12.2. The Hall–Kier alpha value is -2.89. The van der Waals surface area contributed by atoms with Crippen LogP contribution in [0.2, 0.25) is 0 Å². The Kier molecular flexibility index (Phi) is 7.42. The average Bonchev–Trinajstić information content (AvgIpc) is 2.75. The topological polar surface area (TPSA) is 70.2 Å². The summed E-state index contributed by atoms with van der Waals surface area (Å²) in [5, 5.41) is 5.78. The van der Waals surface area contributed by atoms with E-state index in [4.69, 9.17) is 0 Å². The fourth-order valence-electron chi connectivity index (χ4n) is 4.78. The van der Waals surface area contributed by atoms with Crippen molar-refractivity contribution in [2.75, 3.05) is 23.3 Å². The Bertz CT molecular complexity index is 1140. The van der Waals surface area contributed by atoms with Crippen LogP contribution < -0.4 is 15.5 Å². The highest BCUT2D eigenvalue weighted by Crippen LogP contribution is 2.43. The fraction of sp³-hybridized carbons (Fsp3) is 0.560. The van der Waals surface area contributed by atoms with Gasteiger partial charge in [0.25, 0.3) is 0 Å². The molecule has 3 heterocycles. The van der Waals surface area contributed by atoms with E-state index >= 15 is 0 Å². The van der Waals surface area contributed by atoms with Crippen molar-refractivity contribution in [3.05, 3.63) is 35.5 Å². The number of piperazine rings is 1. The maximum atomic E-state index is 14.0. The minimum Gasteiger partial charge on any atom is -0.353 e. The van der Waals surface area contributed by atoms with Crippen LogP contribution in [-0.2, 0) is 11.0 Å². The molecular formula is C25H29F6N5O. The minimum absolute atomic E-state index is 0.0208. The van der Waals surface area contributed by atoms with Crippen molar-refractivity contribution in [1.82, 2.24) is 15.3 Å². The van der Waals surface area contributed by atoms with Gasteiger partial charge in [0, 0.05) is 48.4 Å². The number of rotatable bonds is 5. The second-order valence-corrected chi connectivity index (χ2v) is 9.97. The van der Waals surface area contributed by atoms with Gasteiger partial charge in [0.05, 0.1) is 17.2 Å². The van der Waals surface area contributed by atoms with Crippen LogP contribution in [-0.4, -0.2) is 47.2 Å². The number of hydrogen-bond donors (Lipinski definition) is 2. The van der Waals surface area contributed by atoms with E-state index in [0.717, 1.165) is 25.5 Å². The summed E-state index contributed by atoms with van der Waals surface area (Å²) in [6.45, 7) is 5.43. The van der Waals surface area contributed by atoms with Gasteiger partial charge >= 0.3 is 12.4 Å². The molecule has 1 amide bonds. The molecule has 0 spiro atoms. The normalized spacial score (nSPS) is 21.9. The predicted molar refractivity (Wildman–Crippen MR) is 127 cm³/mol. The lowest BCUT2D eigenvalue weighted by atomic mass is 9.84. The zero-order chi connectivity index (χ0) is 27.1. The molecular weight excluding hydrogens is 500 g/mol. The Morgan fingerprint density at radius 1 is 1.11 bits per heavy atom. The first-order chi connectivity index (χ1) is 17.2. The molecule has 1 aliphatic carbocycles. The fourth-order valence-corrected chi connectivity index (χ4v) is 4.78. The largest absolute Gasteiger partial charge is 0.416 e. The molecule has 0 bridgehead atoms. The van der Waals surface area contributed by atoms with Crippen molar-refractivity contribution in [2.45, 2.75) is 70.4 Å². The Labute approximate surface area is 210 Å². The molecule has 12 heteroatoms. The summed E-state index contributed by atoms with van der Waals surface area (Å²) in [5.74, 6) is -3.19. The summed E-state index contributed by atoms with van der Waals surface area (Å²) in [6, 6.07) is 2.82. The molecule has 2 N–H and O–H groups in total. The maximum Gasteiger partial charge on any atom is 0.416 e. The van der Waals surface area contributed by atoms with E-state index < -0.39 is 35.3 Å². The van der Waals surface area contributed by atoms with Crippen LogP contribution in [0.1, 0.15) is 57.1 Å².